The lowest BCUT2D eigenvalue weighted by Gasteiger charge is -2.31. The van der Waals surface area contributed by atoms with Crippen LogP contribution in [-0.4, -0.2) is 51.6 Å². The maximum Gasteiger partial charge on any atom is 0.340 e. The number of ether oxygens (including phenoxy) is 1. The van der Waals surface area contributed by atoms with Crippen molar-refractivity contribution in [3.05, 3.63) is 0 Å². The number of carboxylic acids is 1. The second-order valence-corrected chi connectivity index (χ2v) is 2.66. The molecule has 0 aliphatic carbocycles. The van der Waals surface area contributed by atoms with Gasteiger partial charge in [-0.2, -0.15) is 0 Å². The minimum Gasteiger partial charge on any atom is -0.479 e. The van der Waals surface area contributed by atoms with Crippen LogP contribution in [0.1, 0.15) is 0 Å². The molecule has 0 radical (unpaired) electrons. The van der Waals surface area contributed by atoms with Crippen LogP contribution in [0.15, 0.2) is 0 Å². The molecule has 0 aromatic rings. The van der Waals surface area contributed by atoms with E-state index < -0.39 is 36.3 Å². The molecular formula is C6H9NO6. The Kier molecular flexibility index (Phi) is 2.62. The number of nitrogens with two attached hydrogens (primary N) is 1. The summed E-state index contributed by atoms with van der Waals surface area (Å²) in [6, 6.07) is 0. The molecule has 0 bridgehead atoms. The maximum atomic E-state index is 11.0. The fraction of sp³-hybridized carbons (Fsp3) is 0.667. The van der Waals surface area contributed by atoms with Crippen LogP contribution >= 0.6 is 0 Å². The van der Waals surface area contributed by atoms with Gasteiger partial charge in [-0.05, 0) is 0 Å². The number of carbonyl (C=O) groups is 2. The third-order valence-corrected chi connectivity index (χ3v) is 1.73. The van der Waals surface area contributed by atoms with E-state index in [1.165, 1.54) is 0 Å². The summed E-state index contributed by atoms with van der Waals surface area (Å²) < 4.78 is 4.46. The molecule has 0 aromatic heterocycles. The van der Waals surface area contributed by atoms with Crippen LogP contribution in [0.3, 0.4) is 0 Å². The highest BCUT2D eigenvalue weighted by molar-refractivity contribution is 6.04. The predicted molar refractivity (Wildman–Crippen MR) is 37.5 cm³/mol. The van der Waals surface area contributed by atoms with E-state index in [-0.39, 0.29) is 0 Å². The highest BCUT2D eigenvalue weighted by atomic mass is 16.6. The largest absolute Gasteiger partial charge is 0.479 e. The Labute approximate surface area is 72.7 Å². The van der Waals surface area contributed by atoms with Gasteiger partial charge in [-0.3, -0.25) is 4.79 Å². The maximum absolute atomic E-state index is 11.0. The van der Waals surface area contributed by atoms with E-state index in [2.05, 4.69) is 4.74 Å². The number of hydrogen-bond acceptors (Lipinski definition) is 6. The summed E-state index contributed by atoms with van der Waals surface area (Å²) in [6.07, 6.45) is -6.55. The van der Waals surface area contributed by atoms with Gasteiger partial charge in [-0.15, -0.1) is 0 Å². The first-order chi connectivity index (χ1) is 5.95. The Hall–Kier alpha value is -1.02. The predicted octanol–water partition coefficient (Wildman–Crippen LogP) is -2.95. The topological polar surface area (TPSA) is 130 Å². The lowest BCUT2D eigenvalue weighted by molar-refractivity contribution is -0.191. The van der Waals surface area contributed by atoms with Gasteiger partial charge in [-0.1, -0.05) is 0 Å². The van der Waals surface area contributed by atoms with Crippen molar-refractivity contribution in [1.29, 1.82) is 0 Å². The lowest BCUT2D eigenvalue weighted by atomic mass is 10.0. The molecule has 1 saturated heterocycles. The first-order valence-electron chi connectivity index (χ1n) is 3.49. The Morgan fingerprint density at radius 3 is 2.46 bits per heavy atom. The Balaban J connectivity index is 2.82. The summed E-state index contributed by atoms with van der Waals surface area (Å²) in [5, 5.41) is 26.5. The molecular weight excluding hydrogens is 182 g/mol. The second kappa shape index (κ2) is 3.38. The third-order valence-electron chi connectivity index (χ3n) is 1.73. The van der Waals surface area contributed by atoms with Crippen LogP contribution in [0.5, 0.6) is 0 Å². The van der Waals surface area contributed by atoms with Gasteiger partial charge < -0.3 is 25.8 Å². The summed E-state index contributed by atoms with van der Waals surface area (Å²) in [6.45, 7) is 0. The van der Waals surface area contributed by atoms with Crippen LogP contribution in [0.4, 0.5) is 0 Å². The fourth-order valence-corrected chi connectivity index (χ4v) is 0.988. The SMILES string of the molecule is N[C@@H]1O[C@H](C(=O)O)C(=O)[C@@H](O)[C@H]1O. The fourth-order valence-electron chi connectivity index (χ4n) is 0.988. The smallest absolute Gasteiger partial charge is 0.340 e. The molecule has 1 rings (SSSR count). The molecule has 0 spiro atoms. The number of Topliss-reactive ketones (excluding diaryl/α,β-unsaturated/α-hetero) is 1. The van der Waals surface area contributed by atoms with Gasteiger partial charge in [0.25, 0.3) is 0 Å². The normalized spacial score (nSPS) is 40.4. The molecule has 74 valence electrons. The van der Waals surface area contributed by atoms with E-state index in [1.807, 2.05) is 0 Å². The van der Waals surface area contributed by atoms with Gasteiger partial charge in [0.05, 0.1) is 0 Å². The number of aliphatic carboxylic acids is 1. The Bertz CT molecular complexity index is 241. The number of aliphatic hydroxyl groups excluding tert-OH is 2. The van der Waals surface area contributed by atoms with E-state index in [0.717, 1.165) is 0 Å². The summed E-state index contributed by atoms with van der Waals surface area (Å²) >= 11 is 0. The highest BCUT2D eigenvalue weighted by Gasteiger charge is 2.45. The number of ketones is 1. The first-order valence-corrected chi connectivity index (χ1v) is 3.49. The number of carbonyl (C=O) groups excluding carboxylic acids is 1. The summed E-state index contributed by atoms with van der Waals surface area (Å²) in [5.74, 6) is -2.63. The van der Waals surface area contributed by atoms with E-state index in [9.17, 15) is 9.59 Å². The minimum absolute atomic E-state index is 1.10. The molecule has 0 amide bonds. The van der Waals surface area contributed by atoms with Crippen LogP contribution < -0.4 is 5.73 Å². The van der Waals surface area contributed by atoms with Gasteiger partial charge in [0, 0.05) is 0 Å². The average molecular weight is 191 g/mol. The molecule has 0 aromatic carbocycles. The molecule has 5 N–H and O–H groups in total. The van der Waals surface area contributed by atoms with Crippen molar-refractivity contribution in [3.63, 3.8) is 0 Å². The van der Waals surface area contributed by atoms with E-state index >= 15 is 0 Å². The van der Waals surface area contributed by atoms with Crippen LogP contribution in [-0.2, 0) is 14.3 Å². The lowest BCUT2D eigenvalue weighted by Crippen LogP contribution is -2.60. The summed E-state index contributed by atoms with van der Waals surface area (Å²) in [4.78, 5) is 21.3. The molecule has 7 nitrogen and oxygen atoms in total. The van der Waals surface area contributed by atoms with Gasteiger partial charge in [-0.25, -0.2) is 4.79 Å². The van der Waals surface area contributed by atoms with Crippen LogP contribution in [0.25, 0.3) is 0 Å². The van der Waals surface area contributed by atoms with Crippen molar-refractivity contribution < 1.29 is 29.6 Å². The van der Waals surface area contributed by atoms with Crippen LogP contribution in [0, 0.1) is 0 Å². The second-order valence-electron chi connectivity index (χ2n) is 2.66. The Morgan fingerprint density at radius 2 is 2.00 bits per heavy atom. The van der Waals surface area contributed by atoms with Crippen molar-refractivity contribution in [3.8, 4) is 0 Å². The summed E-state index contributed by atoms with van der Waals surface area (Å²) in [5.41, 5.74) is 5.11. The van der Waals surface area contributed by atoms with Crippen molar-refractivity contribution in [2.45, 2.75) is 24.5 Å². The molecule has 1 aliphatic rings. The monoisotopic (exact) mass is 191 g/mol. The Morgan fingerprint density at radius 1 is 1.46 bits per heavy atom. The van der Waals surface area contributed by atoms with Gasteiger partial charge in [0.1, 0.15) is 18.4 Å². The van der Waals surface area contributed by atoms with Crippen molar-refractivity contribution in [2.75, 3.05) is 0 Å². The third kappa shape index (κ3) is 1.68. The zero-order valence-electron chi connectivity index (χ0n) is 6.45. The molecule has 1 fully saturated rings. The molecule has 0 saturated carbocycles. The van der Waals surface area contributed by atoms with Gasteiger partial charge in [0.2, 0.25) is 11.9 Å². The van der Waals surface area contributed by atoms with Crippen molar-refractivity contribution in [1.82, 2.24) is 0 Å². The molecule has 7 heteroatoms. The van der Waals surface area contributed by atoms with Crippen LogP contribution in [0.2, 0.25) is 0 Å². The van der Waals surface area contributed by atoms with Crippen molar-refractivity contribution in [2.24, 2.45) is 5.73 Å². The van der Waals surface area contributed by atoms with E-state index in [4.69, 9.17) is 21.1 Å². The molecule has 1 heterocycles. The quantitative estimate of drug-likeness (QED) is 0.326. The minimum atomic E-state index is -1.80. The zero-order valence-corrected chi connectivity index (χ0v) is 6.45. The average Bonchev–Trinajstić information content (AvgIpc) is 2.07. The van der Waals surface area contributed by atoms with Gasteiger partial charge >= 0.3 is 5.97 Å². The number of hydrogen-bond donors (Lipinski definition) is 4. The standard InChI is InChI=1S/C6H9NO6/c7-5-3(10)1(8)2(9)4(13-5)6(11)12/h1,3-5,8,10H,7H2,(H,11,12)/t1-,3-,4+,5-/m1/s1. The first kappa shape index (κ1) is 10.1. The zero-order chi connectivity index (χ0) is 10.2. The molecule has 4 atom stereocenters. The van der Waals surface area contributed by atoms with E-state index in [0.29, 0.717) is 0 Å². The molecule has 1 aliphatic heterocycles. The molecule has 13 heavy (non-hydrogen) atoms. The van der Waals surface area contributed by atoms with E-state index in [1.54, 1.807) is 0 Å². The highest BCUT2D eigenvalue weighted by Crippen LogP contribution is 2.14. The number of aliphatic hydroxyl groups is 2. The van der Waals surface area contributed by atoms with Gasteiger partial charge in [0.15, 0.2) is 0 Å². The summed E-state index contributed by atoms with van der Waals surface area (Å²) in [7, 11) is 0. The number of carboxylic acid groups (broad SMARTS) is 1. The molecule has 0 unspecified atom stereocenters. The van der Waals surface area contributed by atoms with Crippen molar-refractivity contribution >= 4 is 11.8 Å². The number of rotatable bonds is 1.